The maximum Gasteiger partial charge on any atom is 0.317 e. The van der Waals surface area contributed by atoms with Crippen LogP contribution < -0.4 is 5.32 Å². The van der Waals surface area contributed by atoms with Gasteiger partial charge in [-0.2, -0.15) is 0 Å². The molecule has 2 amide bonds. The average molecular weight is 345 g/mol. The first-order valence-electron chi connectivity index (χ1n) is 7.11. The Morgan fingerprint density at radius 2 is 1.95 bits per heavy atom. The largest absolute Gasteiger partial charge is 0.481 e. The summed E-state index contributed by atoms with van der Waals surface area (Å²) < 4.78 is 0. The Morgan fingerprint density at radius 3 is 2.50 bits per heavy atom. The van der Waals surface area contributed by atoms with Crippen LogP contribution in [0.1, 0.15) is 31.4 Å². The van der Waals surface area contributed by atoms with Crippen molar-refractivity contribution in [3.05, 3.63) is 33.8 Å². The van der Waals surface area contributed by atoms with Crippen molar-refractivity contribution in [3.63, 3.8) is 0 Å². The Hall–Kier alpha value is -1.46. The highest BCUT2D eigenvalue weighted by atomic mass is 35.5. The number of hydrogen-bond acceptors (Lipinski definition) is 2. The summed E-state index contributed by atoms with van der Waals surface area (Å²) in [5.74, 6) is -1.14. The van der Waals surface area contributed by atoms with Crippen LogP contribution in [-0.4, -0.2) is 35.1 Å². The van der Waals surface area contributed by atoms with Gasteiger partial charge < -0.3 is 15.3 Å². The van der Waals surface area contributed by atoms with Gasteiger partial charge in [0.2, 0.25) is 0 Å². The maximum atomic E-state index is 12.2. The van der Waals surface area contributed by atoms with Gasteiger partial charge in [-0.15, -0.1) is 0 Å². The topological polar surface area (TPSA) is 69.6 Å². The van der Waals surface area contributed by atoms with E-state index < -0.39 is 5.97 Å². The van der Waals surface area contributed by atoms with Gasteiger partial charge in [0.15, 0.2) is 0 Å². The van der Waals surface area contributed by atoms with Gasteiger partial charge in [-0.25, -0.2) is 4.79 Å². The van der Waals surface area contributed by atoms with Crippen LogP contribution in [0, 0.1) is 5.92 Å². The molecule has 1 unspecified atom stereocenters. The van der Waals surface area contributed by atoms with Crippen molar-refractivity contribution < 1.29 is 14.7 Å². The first-order valence-corrected chi connectivity index (χ1v) is 7.87. The molecule has 120 valence electrons. The zero-order valence-corrected chi connectivity index (χ0v) is 13.7. The summed E-state index contributed by atoms with van der Waals surface area (Å²) in [7, 11) is 0. The molecule has 1 aliphatic heterocycles. The summed E-state index contributed by atoms with van der Waals surface area (Å²) in [6.45, 7) is 2.74. The second-order valence-corrected chi connectivity index (χ2v) is 6.28. The van der Waals surface area contributed by atoms with Gasteiger partial charge in [-0.1, -0.05) is 29.3 Å². The van der Waals surface area contributed by atoms with Gasteiger partial charge in [0.1, 0.15) is 0 Å². The fourth-order valence-corrected chi connectivity index (χ4v) is 3.11. The number of nitrogens with one attached hydrogen (secondary N) is 1. The molecule has 1 saturated heterocycles. The molecule has 1 aromatic carbocycles. The summed E-state index contributed by atoms with van der Waals surface area (Å²) in [6, 6.07) is 4.69. The lowest BCUT2D eigenvalue weighted by Gasteiger charge is -2.31. The summed E-state index contributed by atoms with van der Waals surface area (Å²) >= 11 is 12.0. The fourth-order valence-electron chi connectivity index (χ4n) is 2.54. The van der Waals surface area contributed by atoms with E-state index in [1.807, 2.05) is 6.92 Å². The molecule has 0 radical (unpaired) electrons. The Balaban J connectivity index is 1.93. The quantitative estimate of drug-likeness (QED) is 0.880. The summed E-state index contributed by atoms with van der Waals surface area (Å²) in [4.78, 5) is 24.8. The second kappa shape index (κ2) is 7.20. The number of carbonyl (C=O) groups is 2. The van der Waals surface area contributed by atoms with Crippen LogP contribution in [0.3, 0.4) is 0 Å². The normalized spacial score (nSPS) is 17.1. The van der Waals surface area contributed by atoms with E-state index in [4.69, 9.17) is 28.3 Å². The van der Waals surface area contributed by atoms with Gasteiger partial charge in [-0.3, -0.25) is 4.79 Å². The number of halogens is 2. The van der Waals surface area contributed by atoms with Crippen LogP contribution in [0.25, 0.3) is 0 Å². The molecule has 0 spiro atoms. The van der Waals surface area contributed by atoms with Crippen LogP contribution in [0.15, 0.2) is 18.2 Å². The summed E-state index contributed by atoms with van der Waals surface area (Å²) in [6.07, 6.45) is 0.970. The number of benzene rings is 1. The first-order chi connectivity index (χ1) is 10.4. The van der Waals surface area contributed by atoms with Crippen molar-refractivity contribution >= 4 is 35.2 Å². The molecule has 2 rings (SSSR count). The number of amides is 2. The number of rotatable bonds is 3. The molecule has 22 heavy (non-hydrogen) atoms. The van der Waals surface area contributed by atoms with Crippen molar-refractivity contribution in [2.24, 2.45) is 5.92 Å². The molecule has 1 aromatic rings. The van der Waals surface area contributed by atoms with Crippen molar-refractivity contribution in [1.82, 2.24) is 10.2 Å². The Morgan fingerprint density at radius 1 is 1.32 bits per heavy atom. The molecule has 1 atom stereocenters. The number of aliphatic carboxylic acids is 1. The van der Waals surface area contributed by atoms with Crippen LogP contribution in [0.2, 0.25) is 10.0 Å². The molecule has 1 aliphatic rings. The maximum absolute atomic E-state index is 12.2. The zero-order valence-electron chi connectivity index (χ0n) is 12.2. The molecular weight excluding hydrogens is 327 g/mol. The number of likely N-dealkylation sites (tertiary alicyclic amines) is 1. The number of urea groups is 1. The van der Waals surface area contributed by atoms with Crippen LogP contribution in [0.4, 0.5) is 4.79 Å². The third kappa shape index (κ3) is 4.05. The minimum Gasteiger partial charge on any atom is -0.481 e. The van der Waals surface area contributed by atoms with E-state index >= 15 is 0 Å². The van der Waals surface area contributed by atoms with E-state index in [2.05, 4.69) is 5.32 Å². The van der Waals surface area contributed by atoms with Gasteiger partial charge in [0.05, 0.1) is 12.0 Å². The van der Waals surface area contributed by atoms with E-state index in [-0.39, 0.29) is 18.0 Å². The van der Waals surface area contributed by atoms with E-state index in [9.17, 15) is 9.59 Å². The second-order valence-electron chi connectivity index (χ2n) is 5.44. The lowest BCUT2D eigenvalue weighted by Crippen LogP contribution is -2.46. The SMILES string of the molecule is CC(NC(=O)N1CCC(C(=O)O)CC1)c1ccc(Cl)cc1Cl. The summed E-state index contributed by atoms with van der Waals surface area (Å²) in [5, 5.41) is 12.9. The van der Waals surface area contributed by atoms with Gasteiger partial charge in [-0.05, 0) is 37.5 Å². The monoisotopic (exact) mass is 344 g/mol. The Bertz CT molecular complexity index is 572. The van der Waals surface area contributed by atoms with Gasteiger partial charge >= 0.3 is 12.0 Å². The third-order valence-corrected chi connectivity index (χ3v) is 4.46. The minimum absolute atomic E-state index is 0.206. The molecule has 0 aromatic heterocycles. The van der Waals surface area contributed by atoms with E-state index in [0.29, 0.717) is 36.0 Å². The van der Waals surface area contributed by atoms with Crippen LogP contribution in [-0.2, 0) is 4.79 Å². The van der Waals surface area contributed by atoms with Crippen LogP contribution in [0.5, 0.6) is 0 Å². The van der Waals surface area contributed by atoms with Crippen LogP contribution >= 0.6 is 23.2 Å². The molecule has 0 saturated carbocycles. The van der Waals surface area contributed by atoms with Crippen molar-refractivity contribution in [3.8, 4) is 0 Å². The molecule has 2 N–H and O–H groups in total. The van der Waals surface area contributed by atoms with E-state index in [1.54, 1.807) is 23.1 Å². The molecule has 0 bridgehead atoms. The summed E-state index contributed by atoms with van der Waals surface area (Å²) in [5.41, 5.74) is 0.792. The van der Waals surface area contributed by atoms with Crippen molar-refractivity contribution in [2.45, 2.75) is 25.8 Å². The van der Waals surface area contributed by atoms with Crippen molar-refractivity contribution in [2.75, 3.05) is 13.1 Å². The third-order valence-electron chi connectivity index (χ3n) is 3.90. The smallest absolute Gasteiger partial charge is 0.317 e. The predicted octanol–water partition coefficient (Wildman–Crippen LogP) is 3.56. The highest BCUT2D eigenvalue weighted by Crippen LogP contribution is 2.26. The van der Waals surface area contributed by atoms with Crippen molar-refractivity contribution in [1.29, 1.82) is 0 Å². The Kier molecular flexibility index (Phi) is 5.53. The molecular formula is C15H18Cl2N2O3. The molecule has 7 heteroatoms. The number of carbonyl (C=O) groups excluding carboxylic acids is 1. The lowest BCUT2D eigenvalue weighted by atomic mass is 9.97. The molecule has 1 heterocycles. The average Bonchev–Trinajstić information content (AvgIpc) is 2.47. The number of piperidine rings is 1. The molecule has 1 fully saturated rings. The number of hydrogen-bond donors (Lipinski definition) is 2. The lowest BCUT2D eigenvalue weighted by molar-refractivity contribution is -0.143. The highest BCUT2D eigenvalue weighted by molar-refractivity contribution is 6.35. The fraction of sp³-hybridized carbons (Fsp3) is 0.467. The van der Waals surface area contributed by atoms with Gasteiger partial charge in [0.25, 0.3) is 0 Å². The van der Waals surface area contributed by atoms with E-state index in [1.165, 1.54) is 0 Å². The number of nitrogens with zero attached hydrogens (tertiary/aromatic N) is 1. The number of carboxylic acid groups (broad SMARTS) is 1. The van der Waals surface area contributed by atoms with E-state index in [0.717, 1.165) is 5.56 Å². The standard InChI is InChI=1S/C15H18Cl2N2O3/c1-9(12-3-2-11(16)8-13(12)17)18-15(22)19-6-4-10(5-7-19)14(20)21/h2-3,8-10H,4-7H2,1H3,(H,18,22)(H,20,21). The predicted molar refractivity (Wildman–Crippen MR) is 85.3 cm³/mol. The highest BCUT2D eigenvalue weighted by Gasteiger charge is 2.27. The molecule has 0 aliphatic carbocycles. The minimum atomic E-state index is -0.790. The Labute approximate surface area is 139 Å². The zero-order chi connectivity index (χ0) is 16.3. The number of carboxylic acids is 1. The molecule has 5 nitrogen and oxygen atoms in total. The van der Waals surface area contributed by atoms with Gasteiger partial charge in [0, 0.05) is 23.1 Å². The first kappa shape index (κ1) is 16.9.